The summed E-state index contributed by atoms with van der Waals surface area (Å²) in [4.78, 5) is 12.0. The van der Waals surface area contributed by atoms with Gasteiger partial charge in [0, 0.05) is 16.9 Å². The summed E-state index contributed by atoms with van der Waals surface area (Å²) >= 11 is 3.50. The van der Waals surface area contributed by atoms with Crippen LogP contribution in [-0.2, 0) is 4.79 Å². The van der Waals surface area contributed by atoms with Crippen molar-refractivity contribution < 1.29 is 4.79 Å². The van der Waals surface area contributed by atoms with Crippen LogP contribution in [0.15, 0.2) is 28.7 Å². The van der Waals surface area contributed by atoms with Crippen LogP contribution in [0, 0.1) is 5.92 Å². The average Bonchev–Trinajstić information content (AvgIpc) is 2.36. The van der Waals surface area contributed by atoms with Crippen LogP contribution < -0.4 is 10.6 Å². The van der Waals surface area contributed by atoms with Crippen LogP contribution >= 0.6 is 15.9 Å². The summed E-state index contributed by atoms with van der Waals surface area (Å²) in [5.74, 6) is 0.0640. The molecule has 3 nitrogen and oxygen atoms in total. The van der Waals surface area contributed by atoms with E-state index in [1.165, 1.54) is 0 Å². The summed E-state index contributed by atoms with van der Waals surface area (Å²) in [5.41, 5.74) is 1.10. The van der Waals surface area contributed by atoms with Crippen LogP contribution in [0.3, 0.4) is 0 Å². The van der Waals surface area contributed by atoms with E-state index in [4.69, 9.17) is 0 Å². The Labute approximate surface area is 117 Å². The van der Waals surface area contributed by atoms with Gasteiger partial charge >= 0.3 is 0 Å². The smallest absolute Gasteiger partial charge is 0.224 e. The van der Waals surface area contributed by atoms with Gasteiger partial charge in [0.05, 0.1) is 6.04 Å². The van der Waals surface area contributed by atoms with Crippen molar-refractivity contribution in [3.8, 4) is 0 Å². The van der Waals surface area contributed by atoms with Gasteiger partial charge in [-0.3, -0.25) is 4.79 Å². The Morgan fingerprint density at radius 2 is 2.00 bits per heavy atom. The summed E-state index contributed by atoms with van der Waals surface area (Å²) in [5, 5.41) is 6.22. The quantitative estimate of drug-likeness (QED) is 0.848. The molecular formula is C14H21BrN2O. The maximum Gasteiger partial charge on any atom is 0.224 e. The minimum Gasteiger partial charge on any atom is -0.349 e. The number of amides is 1. The van der Waals surface area contributed by atoms with Crippen LogP contribution in [0.25, 0.3) is 0 Å². The highest BCUT2D eigenvalue weighted by atomic mass is 79.9. The first-order valence-corrected chi connectivity index (χ1v) is 7.11. The lowest BCUT2D eigenvalue weighted by molar-refractivity contribution is -0.125. The van der Waals surface area contributed by atoms with E-state index in [9.17, 15) is 4.79 Å². The van der Waals surface area contributed by atoms with Gasteiger partial charge in [-0.1, -0.05) is 48.0 Å². The molecule has 1 aromatic rings. The number of rotatable bonds is 6. The molecule has 2 atom stereocenters. The van der Waals surface area contributed by atoms with Crippen LogP contribution in [0.2, 0.25) is 0 Å². The standard InChI is InChI=1S/C14H21BrN2O/c1-4-16-9-10(2)14(18)17-11(3)12-7-5-6-8-13(12)15/h5-8,10-11,16H,4,9H2,1-3H3,(H,17,18). The number of hydrogen-bond donors (Lipinski definition) is 2. The summed E-state index contributed by atoms with van der Waals surface area (Å²) in [6.07, 6.45) is 0. The Morgan fingerprint density at radius 3 is 2.61 bits per heavy atom. The highest BCUT2D eigenvalue weighted by molar-refractivity contribution is 9.10. The lowest BCUT2D eigenvalue weighted by atomic mass is 10.1. The minimum absolute atomic E-state index is 0.0113. The van der Waals surface area contributed by atoms with Crippen molar-refractivity contribution in [2.24, 2.45) is 5.92 Å². The van der Waals surface area contributed by atoms with Gasteiger partial charge in [0.1, 0.15) is 0 Å². The van der Waals surface area contributed by atoms with Crippen LogP contribution in [0.1, 0.15) is 32.4 Å². The van der Waals surface area contributed by atoms with Gasteiger partial charge in [-0.05, 0) is 25.1 Å². The first-order chi connectivity index (χ1) is 8.56. The molecule has 100 valence electrons. The highest BCUT2D eigenvalue weighted by Gasteiger charge is 2.16. The van der Waals surface area contributed by atoms with E-state index in [0.29, 0.717) is 6.54 Å². The third-order valence-corrected chi connectivity index (χ3v) is 3.60. The number of hydrogen-bond acceptors (Lipinski definition) is 2. The maximum atomic E-state index is 12.0. The van der Waals surface area contributed by atoms with Crippen LogP contribution in [-0.4, -0.2) is 19.0 Å². The van der Waals surface area contributed by atoms with Crippen LogP contribution in [0.5, 0.6) is 0 Å². The first-order valence-electron chi connectivity index (χ1n) is 6.31. The van der Waals surface area contributed by atoms with Crippen molar-refractivity contribution in [3.05, 3.63) is 34.3 Å². The highest BCUT2D eigenvalue weighted by Crippen LogP contribution is 2.22. The average molecular weight is 313 g/mol. The molecule has 0 heterocycles. The van der Waals surface area contributed by atoms with Crippen molar-refractivity contribution in [2.45, 2.75) is 26.8 Å². The van der Waals surface area contributed by atoms with E-state index in [1.807, 2.05) is 45.0 Å². The molecule has 1 amide bonds. The zero-order valence-corrected chi connectivity index (χ0v) is 12.8. The third-order valence-electron chi connectivity index (χ3n) is 2.88. The molecule has 0 fully saturated rings. The lowest BCUT2D eigenvalue weighted by Crippen LogP contribution is -2.36. The minimum atomic E-state index is -0.0186. The van der Waals surface area contributed by atoms with Gasteiger partial charge in [-0.25, -0.2) is 0 Å². The lowest BCUT2D eigenvalue weighted by Gasteiger charge is -2.19. The molecule has 0 bridgehead atoms. The molecule has 18 heavy (non-hydrogen) atoms. The fraction of sp³-hybridized carbons (Fsp3) is 0.500. The van der Waals surface area contributed by atoms with Crippen molar-refractivity contribution in [3.63, 3.8) is 0 Å². The second-order valence-corrected chi connectivity index (χ2v) is 5.31. The van der Waals surface area contributed by atoms with Crippen molar-refractivity contribution in [1.29, 1.82) is 0 Å². The van der Waals surface area contributed by atoms with Gasteiger partial charge in [-0.2, -0.15) is 0 Å². The molecule has 0 aliphatic heterocycles. The predicted octanol–water partition coefficient (Wildman–Crippen LogP) is 2.87. The topological polar surface area (TPSA) is 41.1 Å². The molecule has 4 heteroatoms. The fourth-order valence-corrected chi connectivity index (χ4v) is 2.34. The number of halogens is 1. The molecule has 0 radical (unpaired) electrons. The number of benzene rings is 1. The molecule has 0 aliphatic rings. The zero-order chi connectivity index (χ0) is 13.5. The van der Waals surface area contributed by atoms with E-state index >= 15 is 0 Å². The summed E-state index contributed by atoms with van der Waals surface area (Å²) in [6, 6.07) is 7.96. The second kappa shape index (κ2) is 7.54. The molecule has 0 aromatic heterocycles. The largest absolute Gasteiger partial charge is 0.349 e. The third kappa shape index (κ3) is 4.42. The Hall–Kier alpha value is -0.870. The summed E-state index contributed by atoms with van der Waals surface area (Å²) in [6.45, 7) is 7.57. The second-order valence-electron chi connectivity index (χ2n) is 4.46. The summed E-state index contributed by atoms with van der Waals surface area (Å²) < 4.78 is 1.03. The van der Waals surface area contributed by atoms with Gasteiger partial charge in [0.25, 0.3) is 0 Å². The van der Waals surface area contributed by atoms with E-state index in [1.54, 1.807) is 0 Å². The fourth-order valence-electron chi connectivity index (χ4n) is 1.71. The molecule has 0 aliphatic carbocycles. The molecule has 0 saturated carbocycles. The Morgan fingerprint density at radius 1 is 1.33 bits per heavy atom. The van der Waals surface area contributed by atoms with E-state index in [0.717, 1.165) is 16.6 Å². The summed E-state index contributed by atoms with van der Waals surface area (Å²) in [7, 11) is 0. The molecule has 0 spiro atoms. The predicted molar refractivity (Wildman–Crippen MR) is 78.4 cm³/mol. The van der Waals surface area contributed by atoms with Gasteiger partial charge in [0.2, 0.25) is 5.91 Å². The molecular weight excluding hydrogens is 292 g/mol. The molecule has 2 unspecified atom stereocenters. The first kappa shape index (κ1) is 15.2. The van der Waals surface area contributed by atoms with Crippen molar-refractivity contribution in [2.75, 3.05) is 13.1 Å². The Bertz CT molecular complexity index is 395. The van der Waals surface area contributed by atoms with Gasteiger partial charge in [0.15, 0.2) is 0 Å². The van der Waals surface area contributed by atoms with Gasteiger partial charge < -0.3 is 10.6 Å². The molecule has 1 aromatic carbocycles. The Kier molecular flexibility index (Phi) is 6.36. The van der Waals surface area contributed by atoms with E-state index in [-0.39, 0.29) is 17.9 Å². The van der Waals surface area contributed by atoms with Crippen molar-refractivity contribution >= 4 is 21.8 Å². The number of carbonyl (C=O) groups is 1. The Balaban J connectivity index is 2.57. The van der Waals surface area contributed by atoms with Crippen molar-refractivity contribution in [1.82, 2.24) is 10.6 Å². The monoisotopic (exact) mass is 312 g/mol. The van der Waals surface area contributed by atoms with Gasteiger partial charge in [-0.15, -0.1) is 0 Å². The SMILES string of the molecule is CCNCC(C)C(=O)NC(C)c1ccccc1Br. The zero-order valence-electron chi connectivity index (χ0n) is 11.2. The number of nitrogens with one attached hydrogen (secondary N) is 2. The molecule has 2 N–H and O–H groups in total. The molecule has 1 rings (SSSR count). The van der Waals surface area contributed by atoms with Crippen LogP contribution in [0.4, 0.5) is 0 Å². The van der Waals surface area contributed by atoms with E-state index in [2.05, 4.69) is 26.6 Å². The maximum absolute atomic E-state index is 12.0. The molecule has 0 saturated heterocycles. The number of carbonyl (C=O) groups excluding carboxylic acids is 1. The normalized spacial score (nSPS) is 14.0. The van der Waals surface area contributed by atoms with E-state index < -0.39 is 0 Å².